The molecule has 2 heteroatoms. The molecule has 3 aliphatic rings. The summed E-state index contributed by atoms with van der Waals surface area (Å²) in [5.74, 6) is 2.20. The van der Waals surface area contributed by atoms with Gasteiger partial charge in [0.2, 0.25) is 0 Å². The van der Waals surface area contributed by atoms with Gasteiger partial charge < -0.3 is 5.32 Å². The van der Waals surface area contributed by atoms with Gasteiger partial charge in [0.05, 0.1) is 0 Å². The predicted molar refractivity (Wildman–Crippen MR) is 81.4 cm³/mol. The summed E-state index contributed by atoms with van der Waals surface area (Å²) in [6, 6.07) is 1.67. The first-order valence-corrected chi connectivity index (χ1v) is 8.84. The van der Waals surface area contributed by atoms with E-state index >= 15 is 0 Å². The molecule has 1 saturated heterocycles. The third-order valence-electron chi connectivity index (χ3n) is 5.77. The molecule has 0 aromatic heterocycles. The first kappa shape index (κ1) is 13.9. The Morgan fingerprint density at radius 1 is 0.947 bits per heavy atom. The van der Waals surface area contributed by atoms with Crippen molar-refractivity contribution >= 4 is 0 Å². The van der Waals surface area contributed by atoms with E-state index in [1.165, 1.54) is 77.4 Å². The zero-order valence-corrected chi connectivity index (χ0v) is 12.7. The lowest BCUT2D eigenvalue weighted by atomic mass is 9.82. The van der Waals surface area contributed by atoms with E-state index in [4.69, 9.17) is 0 Å². The van der Waals surface area contributed by atoms with Crippen LogP contribution >= 0.6 is 0 Å². The standard InChI is InChI=1S/C17H32N2/c1-2-19(13-16-7-3-4-11-18-16)17-8-5-6-15(12-17)14-9-10-14/h14-18H,2-13H2,1H3. The Balaban J connectivity index is 1.51. The molecule has 0 bridgehead atoms. The zero-order chi connectivity index (χ0) is 13.1. The monoisotopic (exact) mass is 264 g/mol. The molecule has 0 amide bonds. The Bertz CT molecular complexity index is 268. The molecule has 3 rings (SSSR count). The molecule has 0 aromatic rings. The highest BCUT2D eigenvalue weighted by atomic mass is 15.2. The third-order valence-corrected chi connectivity index (χ3v) is 5.77. The number of rotatable bonds is 5. The lowest BCUT2D eigenvalue weighted by Crippen LogP contribution is -2.48. The normalized spacial score (nSPS) is 36.6. The number of nitrogens with one attached hydrogen (secondary N) is 1. The molecule has 2 saturated carbocycles. The summed E-state index contributed by atoms with van der Waals surface area (Å²) in [6.45, 7) is 6.17. The second kappa shape index (κ2) is 6.58. The van der Waals surface area contributed by atoms with Gasteiger partial charge in [-0.1, -0.05) is 26.2 Å². The Labute approximate surface area is 119 Å². The van der Waals surface area contributed by atoms with Crippen LogP contribution in [0.15, 0.2) is 0 Å². The summed E-state index contributed by atoms with van der Waals surface area (Å²) in [5.41, 5.74) is 0. The maximum atomic E-state index is 3.73. The van der Waals surface area contributed by atoms with E-state index in [9.17, 15) is 0 Å². The second-order valence-electron chi connectivity index (χ2n) is 7.15. The molecular weight excluding hydrogens is 232 g/mol. The van der Waals surface area contributed by atoms with E-state index < -0.39 is 0 Å². The van der Waals surface area contributed by atoms with Crippen molar-refractivity contribution in [2.75, 3.05) is 19.6 Å². The third kappa shape index (κ3) is 3.72. The van der Waals surface area contributed by atoms with Crippen molar-refractivity contribution in [3.63, 3.8) is 0 Å². The maximum Gasteiger partial charge on any atom is 0.0195 e. The van der Waals surface area contributed by atoms with E-state index in [0.717, 1.165) is 23.9 Å². The molecule has 1 N–H and O–H groups in total. The SMILES string of the molecule is CCN(CC1CCCCN1)C1CCCC(C2CC2)C1. The van der Waals surface area contributed by atoms with Crippen LogP contribution in [0.4, 0.5) is 0 Å². The van der Waals surface area contributed by atoms with Crippen LogP contribution < -0.4 is 5.32 Å². The van der Waals surface area contributed by atoms with Gasteiger partial charge >= 0.3 is 0 Å². The Morgan fingerprint density at radius 3 is 2.53 bits per heavy atom. The summed E-state index contributed by atoms with van der Waals surface area (Å²) in [4.78, 5) is 2.80. The van der Waals surface area contributed by atoms with Crippen LogP contribution in [-0.2, 0) is 0 Å². The minimum atomic E-state index is 0.773. The molecule has 3 atom stereocenters. The molecule has 0 aromatic carbocycles. The fraction of sp³-hybridized carbons (Fsp3) is 1.00. The topological polar surface area (TPSA) is 15.3 Å². The molecule has 1 heterocycles. The molecule has 1 aliphatic heterocycles. The van der Waals surface area contributed by atoms with E-state index in [0.29, 0.717) is 0 Å². The first-order chi connectivity index (χ1) is 9.36. The number of hydrogen-bond acceptors (Lipinski definition) is 2. The number of hydrogen-bond donors (Lipinski definition) is 1. The van der Waals surface area contributed by atoms with Crippen LogP contribution in [0.5, 0.6) is 0 Å². The van der Waals surface area contributed by atoms with Gasteiger partial charge in [-0.15, -0.1) is 0 Å². The van der Waals surface area contributed by atoms with Gasteiger partial charge in [0.25, 0.3) is 0 Å². The van der Waals surface area contributed by atoms with Crippen molar-refractivity contribution in [1.82, 2.24) is 10.2 Å². The predicted octanol–water partition coefficient (Wildman–Crippen LogP) is 3.42. The molecule has 0 spiro atoms. The number of nitrogens with zero attached hydrogens (tertiary/aromatic N) is 1. The van der Waals surface area contributed by atoms with Gasteiger partial charge in [0, 0.05) is 18.6 Å². The highest BCUT2D eigenvalue weighted by Gasteiger charge is 2.36. The summed E-state index contributed by atoms with van der Waals surface area (Å²) < 4.78 is 0. The molecule has 0 radical (unpaired) electrons. The fourth-order valence-electron chi connectivity index (χ4n) is 4.43. The summed E-state index contributed by atoms with van der Waals surface area (Å²) in [6.07, 6.45) is 13.3. The fourth-order valence-corrected chi connectivity index (χ4v) is 4.43. The van der Waals surface area contributed by atoms with Crippen molar-refractivity contribution < 1.29 is 0 Å². The molecule has 110 valence electrons. The van der Waals surface area contributed by atoms with Gasteiger partial charge in [0.1, 0.15) is 0 Å². The Morgan fingerprint density at radius 2 is 1.84 bits per heavy atom. The van der Waals surface area contributed by atoms with Crippen molar-refractivity contribution in [2.45, 2.75) is 76.8 Å². The van der Waals surface area contributed by atoms with Crippen LogP contribution in [0.1, 0.15) is 64.7 Å². The summed E-state index contributed by atoms with van der Waals surface area (Å²) in [5, 5.41) is 3.73. The van der Waals surface area contributed by atoms with Crippen LogP contribution in [-0.4, -0.2) is 36.6 Å². The number of likely N-dealkylation sites (N-methyl/N-ethyl adjacent to an activating group) is 1. The van der Waals surface area contributed by atoms with Gasteiger partial charge in [0.15, 0.2) is 0 Å². The van der Waals surface area contributed by atoms with Gasteiger partial charge in [-0.2, -0.15) is 0 Å². The van der Waals surface area contributed by atoms with Gasteiger partial charge in [-0.05, 0) is 63.5 Å². The van der Waals surface area contributed by atoms with E-state index in [-0.39, 0.29) is 0 Å². The van der Waals surface area contributed by atoms with E-state index in [1.54, 1.807) is 0 Å². The molecule has 3 unspecified atom stereocenters. The van der Waals surface area contributed by atoms with Crippen LogP contribution in [0, 0.1) is 11.8 Å². The summed E-state index contributed by atoms with van der Waals surface area (Å²) in [7, 11) is 0. The van der Waals surface area contributed by atoms with Crippen molar-refractivity contribution in [3.8, 4) is 0 Å². The van der Waals surface area contributed by atoms with E-state index in [2.05, 4.69) is 17.1 Å². The van der Waals surface area contributed by atoms with Gasteiger partial charge in [-0.3, -0.25) is 4.90 Å². The summed E-state index contributed by atoms with van der Waals surface area (Å²) >= 11 is 0. The Kier molecular flexibility index (Phi) is 4.81. The first-order valence-electron chi connectivity index (χ1n) is 8.84. The van der Waals surface area contributed by atoms with Crippen molar-refractivity contribution in [1.29, 1.82) is 0 Å². The van der Waals surface area contributed by atoms with Crippen molar-refractivity contribution in [2.24, 2.45) is 11.8 Å². The Hall–Kier alpha value is -0.0800. The van der Waals surface area contributed by atoms with Crippen LogP contribution in [0.25, 0.3) is 0 Å². The zero-order valence-electron chi connectivity index (χ0n) is 12.7. The molecule has 2 nitrogen and oxygen atoms in total. The molecular formula is C17H32N2. The number of piperidine rings is 1. The minimum absolute atomic E-state index is 0.773. The maximum absolute atomic E-state index is 3.73. The van der Waals surface area contributed by atoms with Crippen LogP contribution in [0.3, 0.4) is 0 Å². The van der Waals surface area contributed by atoms with Gasteiger partial charge in [-0.25, -0.2) is 0 Å². The smallest absolute Gasteiger partial charge is 0.0195 e. The lowest BCUT2D eigenvalue weighted by Gasteiger charge is -2.39. The lowest BCUT2D eigenvalue weighted by molar-refractivity contribution is 0.112. The average Bonchev–Trinajstić information content (AvgIpc) is 3.31. The quantitative estimate of drug-likeness (QED) is 0.818. The highest BCUT2D eigenvalue weighted by molar-refractivity contribution is 4.89. The molecule has 3 fully saturated rings. The highest BCUT2D eigenvalue weighted by Crippen LogP contribution is 2.44. The minimum Gasteiger partial charge on any atom is -0.313 e. The molecule has 19 heavy (non-hydrogen) atoms. The second-order valence-corrected chi connectivity index (χ2v) is 7.15. The average molecular weight is 264 g/mol. The largest absolute Gasteiger partial charge is 0.313 e. The van der Waals surface area contributed by atoms with E-state index in [1.807, 2.05) is 0 Å². The van der Waals surface area contributed by atoms with Crippen LogP contribution in [0.2, 0.25) is 0 Å². The molecule has 2 aliphatic carbocycles. The van der Waals surface area contributed by atoms with Crippen molar-refractivity contribution in [3.05, 3.63) is 0 Å².